The van der Waals surface area contributed by atoms with E-state index in [0.717, 1.165) is 15.1 Å². The molecule has 0 radical (unpaired) electrons. The SMILES string of the molecule is CN(CC(Cc1ncc[nH]1)Oc1ccccc1)C(=O)c1ccc(I)cc1. The Bertz CT molecular complexity index is 820. The second-order valence-corrected chi connectivity index (χ2v) is 7.23. The normalized spacial score (nSPS) is 11.8. The molecule has 0 bridgehead atoms. The molecule has 0 saturated carbocycles. The van der Waals surface area contributed by atoms with Crippen LogP contribution in [0.4, 0.5) is 0 Å². The summed E-state index contributed by atoms with van der Waals surface area (Å²) in [5, 5.41) is 0. The van der Waals surface area contributed by atoms with Crippen molar-refractivity contribution in [3.8, 4) is 5.75 Å². The molecule has 3 aromatic rings. The van der Waals surface area contributed by atoms with Crippen molar-refractivity contribution >= 4 is 28.5 Å². The first-order chi connectivity index (χ1) is 12.6. The van der Waals surface area contributed by atoms with Crippen LogP contribution in [0, 0.1) is 3.57 Å². The summed E-state index contributed by atoms with van der Waals surface area (Å²) in [4.78, 5) is 21.8. The van der Waals surface area contributed by atoms with Gasteiger partial charge in [-0.3, -0.25) is 4.79 Å². The van der Waals surface area contributed by atoms with Crippen LogP contribution in [0.25, 0.3) is 0 Å². The number of carbonyl (C=O) groups is 1. The van der Waals surface area contributed by atoms with Crippen molar-refractivity contribution in [1.29, 1.82) is 0 Å². The first-order valence-electron chi connectivity index (χ1n) is 8.33. The highest BCUT2D eigenvalue weighted by Gasteiger charge is 2.20. The van der Waals surface area contributed by atoms with Gasteiger partial charge in [-0.25, -0.2) is 4.98 Å². The van der Waals surface area contributed by atoms with Gasteiger partial charge < -0.3 is 14.6 Å². The Hall–Kier alpha value is -2.35. The van der Waals surface area contributed by atoms with E-state index in [1.165, 1.54) is 0 Å². The zero-order chi connectivity index (χ0) is 18.4. The smallest absolute Gasteiger partial charge is 0.253 e. The van der Waals surface area contributed by atoms with E-state index in [4.69, 9.17) is 4.74 Å². The number of nitrogens with one attached hydrogen (secondary N) is 1. The number of hydrogen-bond donors (Lipinski definition) is 1. The summed E-state index contributed by atoms with van der Waals surface area (Å²) in [5.41, 5.74) is 0.671. The van der Waals surface area contributed by atoms with E-state index in [0.29, 0.717) is 18.5 Å². The van der Waals surface area contributed by atoms with Gasteiger partial charge in [0.05, 0.1) is 6.54 Å². The third-order valence-electron chi connectivity index (χ3n) is 3.94. The van der Waals surface area contributed by atoms with Crippen molar-refractivity contribution in [2.45, 2.75) is 12.5 Å². The number of amides is 1. The minimum Gasteiger partial charge on any atom is -0.488 e. The molecule has 26 heavy (non-hydrogen) atoms. The monoisotopic (exact) mass is 461 g/mol. The summed E-state index contributed by atoms with van der Waals surface area (Å²) in [6.45, 7) is 0.459. The van der Waals surface area contributed by atoms with Gasteiger partial charge in [0.15, 0.2) is 0 Å². The second kappa shape index (κ2) is 8.84. The fourth-order valence-electron chi connectivity index (χ4n) is 2.66. The minimum atomic E-state index is -0.207. The highest BCUT2D eigenvalue weighted by Crippen LogP contribution is 2.15. The average Bonchev–Trinajstić information content (AvgIpc) is 3.15. The number of rotatable bonds is 7. The molecule has 0 fully saturated rings. The molecule has 1 atom stereocenters. The lowest BCUT2D eigenvalue weighted by Gasteiger charge is -2.25. The Balaban J connectivity index is 1.71. The molecule has 5 nitrogen and oxygen atoms in total. The topological polar surface area (TPSA) is 58.2 Å². The molecule has 0 aliphatic heterocycles. The van der Waals surface area contributed by atoms with Gasteiger partial charge in [0.1, 0.15) is 17.7 Å². The molecule has 0 spiro atoms. The molecule has 1 amide bonds. The minimum absolute atomic E-state index is 0.0255. The molecular weight excluding hydrogens is 441 g/mol. The first kappa shape index (κ1) is 18.4. The van der Waals surface area contributed by atoms with Crippen LogP contribution >= 0.6 is 22.6 Å². The van der Waals surface area contributed by atoms with Gasteiger partial charge in [0, 0.05) is 35.0 Å². The second-order valence-electron chi connectivity index (χ2n) is 5.99. The summed E-state index contributed by atoms with van der Waals surface area (Å²) < 4.78 is 7.21. The highest BCUT2D eigenvalue weighted by atomic mass is 127. The molecular formula is C20H20IN3O2. The summed E-state index contributed by atoms with van der Waals surface area (Å²) in [5.74, 6) is 1.59. The van der Waals surface area contributed by atoms with Gasteiger partial charge >= 0.3 is 0 Å². The van der Waals surface area contributed by atoms with Crippen molar-refractivity contribution < 1.29 is 9.53 Å². The van der Waals surface area contributed by atoms with Crippen LogP contribution in [0.3, 0.4) is 0 Å². The number of aromatic nitrogens is 2. The number of nitrogens with zero attached hydrogens (tertiary/aromatic N) is 2. The molecule has 0 aliphatic carbocycles. The Morgan fingerprint density at radius 2 is 1.92 bits per heavy atom. The lowest BCUT2D eigenvalue weighted by Crippen LogP contribution is -2.38. The van der Waals surface area contributed by atoms with Gasteiger partial charge in [-0.05, 0) is 59.0 Å². The van der Waals surface area contributed by atoms with Crippen LogP contribution in [0.2, 0.25) is 0 Å². The quantitative estimate of drug-likeness (QED) is 0.545. The predicted octanol–water partition coefficient (Wildman–Crippen LogP) is 3.78. The van der Waals surface area contributed by atoms with Gasteiger partial charge in [0.25, 0.3) is 5.91 Å². The van der Waals surface area contributed by atoms with Crippen molar-refractivity contribution in [3.05, 3.63) is 81.9 Å². The largest absolute Gasteiger partial charge is 0.488 e. The Morgan fingerprint density at radius 3 is 2.58 bits per heavy atom. The Labute approximate surface area is 166 Å². The third kappa shape index (κ3) is 5.08. The molecule has 2 aromatic carbocycles. The summed E-state index contributed by atoms with van der Waals surface area (Å²) in [7, 11) is 1.80. The van der Waals surface area contributed by atoms with E-state index in [2.05, 4.69) is 32.6 Å². The number of imidazole rings is 1. The maximum absolute atomic E-state index is 12.7. The first-order valence-corrected chi connectivity index (χ1v) is 9.40. The fourth-order valence-corrected chi connectivity index (χ4v) is 3.02. The van der Waals surface area contributed by atoms with Crippen LogP contribution in [0.1, 0.15) is 16.2 Å². The van der Waals surface area contributed by atoms with Crippen LogP contribution in [0.15, 0.2) is 67.0 Å². The lowest BCUT2D eigenvalue weighted by atomic mass is 10.1. The number of likely N-dealkylation sites (N-methyl/N-ethyl adjacent to an activating group) is 1. The number of halogens is 1. The van der Waals surface area contributed by atoms with E-state index in [-0.39, 0.29) is 12.0 Å². The maximum atomic E-state index is 12.7. The third-order valence-corrected chi connectivity index (χ3v) is 4.66. The zero-order valence-corrected chi connectivity index (χ0v) is 16.6. The Morgan fingerprint density at radius 1 is 1.19 bits per heavy atom. The van der Waals surface area contributed by atoms with E-state index in [1.807, 2.05) is 54.6 Å². The van der Waals surface area contributed by atoms with Gasteiger partial charge in [-0.1, -0.05) is 18.2 Å². The highest BCUT2D eigenvalue weighted by molar-refractivity contribution is 14.1. The molecule has 1 N–H and O–H groups in total. The number of carbonyl (C=O) groups excluding carboxylic acids is 1. The molecule has 6 heteroatoms. The molecule has 1 heterocycles. The summed E-state index contributed by atoms with van der Waals surface area (Å²) in [6, 6.07) is 17.2. The fraction of sp³-hybridized carbons (Fsp3) is 0.200. The predicted molar refractivity (Wildman–Crippen MR) is 109 cm³/mol. The van der Waals surface area contributed by atoms with Crippen molar-refractivity contribution in [1.82, 2.24) is 14.9 Å². The van der Waals surface area contributed by atoms with Crippen LogP contribution < -0.4 is 4.74 Å². The van der Waals surface area contributed by atoms with Gasteiger partial charge in [0.2, 0.25) is 0 Å². The molecule has 0 saturated heterocycles. The Kier molecular flexibility index (Phi) is 6.27. The number of H-pyrrole nitrogens is 1. The average molecular weight is 461 g/mol. The van der Waals surface area contributed by atoms with Crippen LogP contribution in [-0.4, -0.2) is 40.5 Å². The summed E-state index contributed by atoms with van der Waals surface area (Å²) >= 11 is 2.23. The van der Waals surface area contributed by atoms with Crippen molar-refractivity contribution in [2.75, 3.05) is 13.6 Å². The summed E-state index contributed by atoms with van der Waals surface area (Å²) in [6.07, 6.45) is 3.89. The lowest BCUT2D eigenvalue weighted by molar-refractivity contribution is 0.0710. The van der Waals surface area contributed by atoms with Crippen molar-refractivity contribution in [2.24, 2.45) is 0 Å². The number of benzene rings is 2. The maximum Gasteiger partial charge on any atom is 0.253 e. The molecule has 3 rings (SSSR count). The molecule has 1 aromatic heterocycles. The molecule has 1 unspecified atom stereocenters. The van der Waals surface area contributed by atoms with E-state index in [9.17, 15) is 4.79 Å². The number of aromatic amines is 1. The van der Waals surface area contributed by atoms with Crippen molar-refractivity contribution in [3.63, 3.8) is 0 Å². The van der Waals surface area contributed by atoms with E-state index in [1.54, 1.807) is 24.3 Å². The standard InChI is InChI=1S/C20H20IN3O2/c1-24(20(25)15-7-9-16(21)10-8-15)14-18(13-19-22-11-12-23-19)26-17-5-3-2-4-6-17/h2-12,18H,13-14H2,1H3,(H,22,23). The van der Waals surface area contributed by atoms with Gasteiger partial charge in [-0.15, -0.1) is 0 Å². The van der Waals surface area contributed by atoms with Crippen LogP contribution in [-0.2, 0) is 6.42 Å². The number of ether oxygens (including phenoxy) is 1. The molecule has 0 aliphatic rings. The van der Waals surface area contributed by atoms with E-state index >= 15 is 0 Å². The van der Waals surface area contributed by atoms with Gasteiger partial charge in [-0.2, -0.15) is 0 Å². The van der Waals surface area contributed by atoms with E-state index < -0.39 is 0 Å². The zero-order valence-electron chi connectivity index (χ0n) is 14.4. The number of para-hydroxylation sites is 1. The molecule has 134 valence electrons. The number of hydrogen-bond acceptors (Lipinski definition) is 3. The van der Waals surface area contributed by atoms with Crippen LogP contribution in [0.5, 0.6) is 5.75 Å².